The smallest absolute Gasteiger partial charge is 0.252 e. The third-order valence-electron chi connectivity index (χ3n) is 3.28. The fraction of sp³-hybridized carbons (Fsp3) is 0.364. The molecule has 1 aliphatic carbocycles. The summed E-state index contributed by atoms with van der Waals surface area (Å²) in [5, 5.41) is 12.5. The molecule has 3 rings (SSSR count). The van der Waals surface area contributed by atoms with Crippen molar-refractivity contribution in [2.45, 2.75) is 25.3 Å². The van der Waals surface area contributed by atoms with Gasteiger partial charge in [0.05, 0.1) is 11.1 Å². The molecule has 0 bridgehead atoms. The number of amides is 1. The van der Waals surface area contributed by atoms with Gasteiger partial charge in [-0.05, 0) is 31.4 Å². The average molecular weight is 189 g/mol. The molecular weight excluding hydrogens is 178 g/mol. The lowest BCUT2D eigenvalue weighted by Crippen LogP contribution is -2.25. The lowest BCUT2D eigenvalue weighted by molar-refractivity contribution is 0.0952. The number of carbonyl (C=O) groups excluding carboxylic acids is 1. The number of fused-ring (bicyclic) bond motifs is 2. The largest absolute Gasteiger partial charge is 0.508 e. The molecule has 2 aliphatic rings. The Kier molecular flexibility index (Phi) is 1.18. The van der Waals surface area contributed by atoms with Gasteiger partial charge in [-0.1, -0.05) is 6.07 Å². The first-order valence-corrected chi connectivity index (χ1v) is 4.80. The molecule has 1 saturated carbocycles. The van der Waals surface area contributed by atoms with E-state index < -0.39 is 0 Å². The first-order chi connectivity index (χ1) is 6.64. The molecule has 0 unspecified atom stereocenters. The highest BCUT2D eigenvalue weighted by Gasteiger charge is 2.52. The number of phenolic OH excluding ortho intramolecular Hbond substituents is 1. The van der Waals surface area contributed by atoms with Crippen LogP contribution in [-0.4, -0.2) is 11.0 Å². The van der Waals surface area contributed by atoms with Crippen molar-refractivity contribution >= 4 is 5.91 Å². The van der Waals surface area contributed by atoms with Crippen LogP contribution in [0.15, 0.2) is 12.1 Å². The van der Waals surface area contributed by atoms with Crippen molar-refractivity contribution in [3.8, 4) is 5.75 Å². The van der Waals surface area contributed by atoms with Gasteiger partial charge in [-0.3, -0.25) is 4.79 Å². The van der Waals surface area contributed by atoms with Crippen molar-refractivity contribution < 1.29 is 9.90 Å². The number of hydrogen-bond donors (Lipinski definition) is 2. The molecule has 1 heterocycles. The van der Waals surface area contributed by atoms with Gasteiger partial charge in [0.2, 0.25) is 0 Å². The topological polar surface area (TPSA) is 49.3 Å². The SMILES string of the molecule is Cc1c(O)ccc2c1C(=O)NC21CC1. The minimum atomic E-state index is -0.0785. The van der Waals surface area contributed by atoms with Crippen LogP contribution in [0.4, 0.5) is 0 Å². The third-order valence-corrected chi connectivity index (χ3v) is 3.28. The lowest BCUT2D eigenvalue weighted by atomic mass is 9.98. The summed E-state index contributed by atoms with van der Waals surface area (Å²) in [5.41, 5.74) is 2.37. The Morgan fingerprint density at radius 3 is 2.79 bits per heavy atom. The van der Waals surface area contributed by atoms with Crippen LogP contribution in [0.2, 0.25) is 0 Å². The molecule has 0 aromatic heterocycles. The number of benzene rings is 1. The van der Waals surface area contributed by atoms with Gasteiger partial charge in [0.15, 0.2) is 0 Å². The summed E-state index contributed by atoms with van der Waals surface area (Å²) < 4.78 is 0. The molecule has 0 atom stereocenters. The Labute approximate surface area is 81.8 Å². The van der Waals surface area contributed by atoms with Crippen LogP contribution in [0.3, 0.4) is 0 Å². The van der Waals surface area contributed by atoms with E-state index in [9.17, 15) is 9.90 Å². The summed E-state index contributed by atoms with van der Waals surface area (Å²) in [6.07, 6.45) is 2.05. The second-order valence-corrected chi connectivity index (χ2v) is 4.17. The Morgan fingerprint density at radius 1 is 1.43 bits per heavy atom. The van der Waals surface area contributed by atoms with Crippen molar-refractivity contribution in [3.05, 3.63) is 28.8 Å². The minimum absolute atomic E-state index is 0.0362. The first-order valence-electron chi connectivity index (χ1n) is 4.80. The number of carbonyl (C=O) groups is 1. The highest BCUT2D eigenvalue weighted by molar-refractivity contribution is 6.02. The minimum Gasteiger partial charge on any atom is -0.508 e. The molecule has 1 spiro atoms. The normalized spacial score (nSPS) is 20.8. The van der Waals surface area contributed by atoms with Gasteiger partial charge >= 0.3 is 0 Å². The van der Waals surface area contributed by atoms with E-state index >= 15 is 0 Å². The van der Waals surface area contributed by atoms with Gasteiger partial charge in [0, 0.05) is 5.56 Å². The van der Waals surface area contributed by atoms with Gasteiger partial charge in [-0.15, -0.1) is 0 Å². The van der Waals surface area contributed by atoms with E-state index in [0.29, 0.717) is 11.1 Å². The van der Waals surface area contributed by atoms with E-state index in [4.69, 9.17) is 0 Å². The fourth-order valence-corrected chi connectivity index (χ4v) is 2.26. The second kappa shape index (κ2) is 2.11. The van der Waals surface area contributed by atoms with Gasteiger partial charge in [0.25, 0.3) is 5.91 Å². The van der Waals surface area contributed by atoms with Crippen LogP contribution in [0.5, 0.6) is 5.75 Å². The van der Waals surface area contributed by atoms with Crippen LogP contribution < -0.4 is 5.32 Å². The van der Waals surface area contributed by atoms with E-state index in [-0.39, 0.29) is 17.2 Å². The van der Waals surface area contributed by atoms with Crippen LogP contribution in [0.25, 0.3) is 0 Å². The summed E-state index contributed by atoms with van der Waals surface area (Å²) >= 11 is 0. The molecule has 2 N–H and O–H groups in total. The van der Waals surface area contributed by atoms with Crippen molar-refractivity contribution in [3.63, 3.8) is 0 Å². The van der Waals surface area contributed by atoms with E-state index in [1.807, 2.05) is 6.07 Å². The predicted molar refractivity (Wildman–Crippen MR) is 51.2 cm³/mol. The molecule has 72 valence electrons. The van der Waals surface area contributed by atoms with Crippen LogP contribution in [0, 0.1) is 6.92 Å². The van der Waals surface area contributed by atoms with Crippen LogP contribution >= 0.6 is 0 Å². The van der Waals surface area contributed by atoms with Gasteiger partial charge < -0.3 is 10.4 Å². The summed E-state index contributed by atoms with van der Waals surface area (Å²) in [6.45, 7) is 1.79. The lowest BCUT2D eigenvalue weighted by Gasteiger charge is -2.08. The molecule has 1 aromatic carbocycles. The van der Waals surface area contributed by atoms with Gasteiger partial charge in [-0.2, -0.15) is 0 Å². The Hall–Kier alpha value is -1.51. The van der Waals surface area contributed by atoms with E-state index in [2.05, 4.69) is 5.32 Å². The average Bonchev–Trinajstić information content (AvgIpc) is 2.83. The summed E-state index contributed by atoms with van der Waals surface area (Å²) in [4.78, 5) is 11.7. The van der Waals surface area contributed by atoms with Crippen molar-refractivity contribution in [1.82, 2.24) is 5.32 Å². The van der Waals surface area contributed by atoms with Crippen LogP contribution in [-0.2, 0) is 5.54 Å². The molecule has 1 fully saturated rings. The van der Waals surface area contributed by atoms with Gasteiger partial charge in [0.1, 0.15) is 5.75 Å². The summed E-state index contributed by atoms with van der Waals surface area (Å²) in [6, 6.07) is 3.54. The second-order valence-electron chi connectivity index (χ2n) is 4.17. The molecular formula is C11H11NO2. The predicted octanol–water partition coefficient (Wildman–Crippen LogP) is 1.43. The highest BCUT2D eigenvalue weighted by atomic mass is 16.3. The monoisotopic (exact) mass is 189 g/mol. The highest BCUT2D eigenvalue weighted by Crippen LogP contribution is 2.51. The number of rotatable bonds is 0. The maximum Gasteiger partial charge on any atom is 0.252 e. The number of phenols is 1. The first kappa shape index (κ1) is 7.85. The van der Waals surface area contributed by atoms with E-state index in [1.54, 1.807) is 13.0 Å². The zero-order valence-electron chi connectivity index (χ0n) is 7.92. The zero-order valence-corrected chi connectivity index (χ0v) is 7.92. The Bertz CT molecular complexity index is 447. The molecule has 0 saturated heterocycles. The van der Waals surface area contributed by atoms with E-state index in [1.165, 1.54) is 0 Å². The number of hydrogen-bond acceptors (Lipinski definition) is 2. The molecule has 14 heavy (non-hydrogen) atoms. The molecule has 1 aliphatic heterocycles. The standard InChI is InChI=1S/C11H11NO2/c1-6-8(13)3-2-7-9(6)10(14)12-11(7)4-5-11/h2-3,13H,4-5H2,1H3,(H,12,14). The molecule has 3 nitrogen and oxygen atoms in total. The molecule has 1 amide bonds. The Balaban J connectivity index is 2.31. The number of nitrogens with one attached hydrogen (secondary N) is 1. The molecule has 3 heteroatoms. The summed E-state index contributed by atoms with van der Waals surface area (Å²) in [5.74, 6) is 0.169. The Morgan fingerprint density at radius 2 is 2.14 bits per heavy atom. The number of aromatic hydroxyl groups is 1. The van der Waals surface area contributed by atoms with Crippen molar-refractivity contribution in [2.24, 2.45) is 0 Å². The maximum absolute atomic E-state index is 11.7. The fourth-order valence-electron chi connectivity index (χ4n) is 2.26. The quantitative estimate of drug-likeness (QED) is 0.648. The van der Waals surface area contributed by atoms with Gasteiger partial charge in [-0.25, -0.2) is 0 Å². The van der Waals surface area contributed by atoms with Crippen molar-refractivity contribution in [2.75, 3.05) is 0 Å². The third kappa shape index (κ3) is 0.750. The molecule has 1 aromatic rings. The maximum atomic E-state index is 11.7. The van der Waals surface area contributed by atoms with E-state index in [0.717, 1.165) is 18.4 Å². The zero-order chi connectivity index (χ0) is 9.92. The summed E-state index contributed by atoms with van der Waals surface area (Å²) in [7, 11) is 0. The van der Waals surface area contributed by atoms with Crippen LogP contribution in [0.1, 0.15) is 34.3 Å². The molecule has 0 radical (unpaired) electrons. The van der Waals surface area contributed by atoms with Crippen molar-refractivity contribution in [1.29, 1.82) is 0 Å².